The quantitative estimate of drug-likeness (QED) is 0.107. The van der Waals surface area contributed by atoms with Gasteiger partial charge in [0.25, 0.3) is 0 Å². The van der Waals surface area contributed by atoms with Crippen molar-refractivity contribution in [3.63, 3.8) is 0 Å². The van der Waals surface area contributed by atoms with Crippen molar-refractivity contribution in [2.24, 2.45) is 0 Å². The van der Waals surface area contributed by atoms with E-state index in [2.05, 4.69) is 51.3 Å². The van der Waals surface area contributed by atoms with Crippen LogP contribution in [0.15, 0.2) is 78.9 Å². The van der Waals surface area contributed by atoms with Crippen molar-refractivity contribution in [2.45, 2.75) is 83.5 Å². The van der Waals surface area contributed by atoms with Crippen molar-refractivity contribution >= 4 is 19.8 Å². The molecule has 3 aromatic carbocycles. The molecule has 0 saturated carbocycles. The van der Waals surface area contributed by atoms with Crippen LogP contribution >= 0.6 is 0 Å². The first kappa shape index (κ1) is 35.3. The van der Waals surface area contributed by atoms with Crippen LogP contribution in [-0.4, -0.2) is 53.7 Å². The Bertz CT molecular complexity index is 1260. The van der Waals surface area contributed by atoms with Crippen LogP contribution in [0.3, 0.4) is 0 Å². The van der Waals surface area contributed by atoms with Gasteiger partial charge in [-0.25, -0.2) is 0 Å². The monoisotopic (exact) mass is 621 g/mol. The summed E-state index contributed by atoms with van der Waals surface area (Å²) in [5, 5.41) is 3.74. The molecule has 3 aromatic rings. The van der Waals surface area contributed by atoms with E-state index in [0.29, 0.717) is 25.6 Å². The van der Waals surface area contributed by atoms with E-state index in [9.17, 15) is 4.79 Å². The van der Waals surface area contributed by atoms with Crippen LogP contribution in [0, 0.1) is 0 Å². The number of carbonyl (C=O) groups excluding carboxylic acids is 1. The number of ether oxygens (including phenoxy) is 4. The number of carbonyl (C=O) groups is 1. The molecule has 0 unspecified atom stereocenters. The molecule has 0 heterocycles. The summed E-state index contributed by atoms with van der Waals surface area (Å²) in [6.45, 7) is 12.7. The lowest BCUT2D eigenvalue weighted by Crippen LogP contribution is -2.41. The number of nitrogens with one attached hydrogen (secondary N) is 1. The van der Waals surface area contributed by atoms with E-state index in [-0.39, 0.29) is 36.0 Å². The Balaban J connectivity index is 1.74. The summed E-state index contributed by atoms with van der Waals surface area (Å²) in [6, 6.07) is 25.2. The van der Waals surface area contributed by atoms with Crippen LogP contribution in [0.25, 0.3) is 0 Å². The fourth-order valence-corrected chi connectivity index (χ4v) is 5.64. The van der Waals surface area contributed by atoms with Crippen molar-refractivity contribution in [3.8, 4) is 11.5 Å². The van der Waals surface area contributed by atoms with Crippen molar-refractivity contribution < 1.29 is 28.2 Å². The Hall–Kier alpha value is -3.17. The molecular formula is C36H51NO6Si. The van der Waals surface area contributed by atoms with Gasteiger partial charge < -0.3 is 28.7 Å². The third-order valence-electron chi connectivity index (χ3n) is 8.24. The largest absolute Gasteiger partial charge is 0.497 e. The number of Topliss-reactive ketones (excluding diaryl/α,β-unsaturated/α-hetero) is 1. The smallest absolute Gasteiger partial charge is 0.191 e. The molecule has 0 bridgehead atoms. The van der Waals surface area contributed by atoms with Gasteiger partial charge in [-0.2, -0.15) is 0 Å². The Kier molecular flexibility index (Phi) is 13.9. The second-order valence-corrected chi connectivity index (χ2v) is 17.4. The van der Waals surface area contributed by atoms with Crippen LogP contribution in [0.4, 0.5) is 5.69 Å². The molecule has 0 amide bonds. The number of rotatable bonds is 19. The SMILES string of the molecule is COc1ccc(COCC(=O)C[C@H](Nc2ccccc2OC)[C@H](CCCO[Si](C)(C)C(C)(C)C)OCc2ccccc2)cc1. The van der Waals surface area contributed by atoms with Crippen molar-refractivity contribution in [1.29, 1.82) is 0 Å². The normalized spacial score (nSPS) is 13.2. The molecule has 2 atom stereocenters. The molecule has 8 heteroatoms. The molecule has 0 aromatic heterocycles. The van der Waals surface area contributed by atoms with E-state index in [1.807, 2.05) is 66.7 Å². The van der Waals surface area contributed by atoms with E-state index in [1.165, 1.54) is 0 Å². The average Bonchev–Trinajstić information content (AvgIpc) is 3.01. The second kappa shape index (κ2) is 17.3. The standard InChI is InChI=1S/C36H51NO6Si/c1-36(2,3)44(6,7)43-23-13-18-35(42-26-28-14-9-8-10-15-28)33(37-32-16-11-12-17-34(32)40-5)24-30(38)27-41-25-29-19-21-31(39-4)22-20-29/h8-12,14-17,19-22,33,35,37H,13,18,23-27H2,1-7H3/t33-,35-/m0/s1. The number of anilines is 1. The van der Waals surface area contributed by atoms with Gasteiger partial charge in [-0.05, 0) is 66.4 Å². The molecular weight excluding hydrogens is 570 g/mol. The lowest BCUT2D eigenvalue weighted by molar-refractivity contribution is -0.125. The van der Waals surface area contributed by atoms with Crippen molar-refractivity contribution in [3.05, 3.63) is 90.0 Å². The summed E-state index contributed by atoms with van der Waals surface area (Å²) < 4.78 is 29.7. The fourth-order valence-electron chi connectivity index (χ4n) is 4.55. The van der Waals surface area contributed by atoms with Crippen molar-refractivity contribution in [1.82, 2.24) is 0 Å². The molecule has 240 valence electrons. The highest BCUT2D eigenvalue weighted by Crippen LogP contribution is 2.36. The molecule has 0 aliphatic carbocycles. The summed E-state index contributed by atoms with van der Waals surface area (Å²) in [6.07, 6.45) is 1.53. The highest BCUT2D eigenvalue weighted by Gasteiger charge is 2.37. The number of hydrogen-bond donors (Lipinski definition) is 1. The summed E-state index contributed by atoms with van der Waals surface area (Å²) in [4.78, 5) is 13.3. The third kappa shape index (κ3) is 11.4. The summed E-state index contributed by atoms with van der Waals surface area (Å²) in [7, 11) is 1.41. The van der Waals surface area contributed by atoms with Gasteiger partial charge in [-0.1, -0.05) is 75.4 Å². The highest BCUT2D eigenvalue weighted by atomic mass is 28.4. The zero-order chi connectivity index (χ0) is 32.0. The van der Waals surface area contributed by atoms with E-state index >= 15 is 0 Å². The first-order valence-electron chi connectivity index (χ1n) is 15.4. The second-order valence-electron chi connectivity index (χ2n) is 12.6. The summed E-state index contributed by atoms with van der Waals surface area (Å²) in [5.74, 6) is 1.49. The molecule has 0 radical (unpaired) electrons. The van der Waals surface area contributed by atoms with Gasteiger partial charge in [-0.15, -0.1) is 0 Å². The minimum Gasteiger partial charge on any atom is -0.497 e. The van der Waals surface area contributed by atoms with Gasteiger partial charge in [0.2, 0.25) is 0 Å². The van der Waals surface area contributed by atoms with Gasteiger partial charge in [0.05, 0.1) is 45.3 Å². The first-order valence-corrected chi connectivity index (χ1v) is 18.3. The topological polar surface area (TPSA) is 75.3 Å². The van der Waals surface area contributed by atoms with Gasteiger partial charge in [0.15, 0.2) is 14.1 Å². The fraction of sp³-hybridized carbons (Fsp3) is 0.472. The lowest BCUT2D eigenvalue weighted by atomic mass is 9.99. The Labute approximate surface area is 265 Å². The Morgan fingerprint density at radius 1 is 0.841 bits per heavy atom. The summed E-state index contributed by atoms with van der Waals surface area (Å²) in [5.41, 5.74) is 2.88. The molecule has 0 fully saturated rings. The maximum absolute atomic E-state index is 13.3. The molecule has 7 nitrogen and oxygen atoms in total. The van der Waals surface area contributed by atoms with Crippen LogP contribution in [0.5, 0.6) is 11.5 Å². The third-order valence-corrected chi connectivity index (χ3v) is 12.8. The number of ketones is 1. The molecule has 3 rings (SSSR count). The van der Waals surface area contributed by atoms with Gasteiger partial charge >= 0.3 is 0 Å². The zero-order valence-corrected chi connectivity index (χ0v) is 28.6. The molecule has 1 N–H and O–H groups in total. The van der Waals surface area contributed by atoms with Crippen molar-refractivity contribution in [2.75, 3.05) is 32.8 Å². The molecule has 0 saturated heterocycles. The highest BCUT2D eigenvalue weighted by molar-refractivity contribution is 6.74. The molecule has 0 spiro atoms. The number of para-hydroxylation sites is 2. The molecule has 0 aliphatic heterocycles. The van der Waals surface area contributed by atoms with Crippen LogP contribution in [0.1, 0.15) is 51.2 Å². The van der Waals surface area contributed by atoms with Crippen LogP contribution < -0.4 is 14.8 Å². The van der Waals surface area contributed by atoms with E-state index < -0.39 is 8.32 Å². The Morgan fingerprint density at radius 3 is 2.16 bits per heavy atom. The predicted octanol–water partition coefficient (Wildman–Crippen LogP) is 8.05. The lowest BCUT2D eigenvalue weighted by Gasteiger charge is -2.36. The zero-order valence-electron chi connectivity index (χ0n) is 27.6. The number of hydrogen-bond acceptors (Lipinski definition) is 7. The molecule has 0 aliphatic rings. The minimum absolute atomic E-state index is 0.00301. The van der Waals surface area contributed by atoms with E-state index in [4.69, 9.17) is 23.4 Å². The van der Waals surface area contributed by atoms with Gasteiger partial charge in [0.1, 0.15) is 18.1 Å². The first-order chi connectivity index (χ1) is 21.0. The van der Waals surface area contributed by atoms with Crippen LogP contribution in [0.2, 0.25) is 18.1 Å². The van der Waals surface area contributed by atoms with Gasteiger partial charge in [-0.3, -0.25) is 4.79 Å². The van der Waals surface area contributed by atoms with E-state index in [0.717, 1.165) is 35.4 Å². The van der Waals surface area contributed by atoms with Gasteiger partial charge in [0, 0.05) is 13.0 Å². The number of methoxy groups -OCH3 is 2. The molecule has 44 heavy (non-hydrogen) atoms. The maximum Gasteiger partial charge on any atom is 0.191 e. The summed E-state index contributed by atoms with van der Waals surface area (Å²) >= 11 is 0. The maximum atomic E-state index is 13.3. The van der Waals surface area contributed by atoms with E-state index in [1.54, 1.807) is 14.2 Å². The Morgan fingerprint density at radius 2 is 1.50 bits per heavy atom. The minimum atomic E-state index is -1.87. The predicted molar refractivity (Wildman–Crippen MR) is 180 cm³/mol. The number of benzene rings is 3. The average molecular weight is 622 g/mol. The van der Waals surface area contributed by atoms with Crippen LogP contribution in [-0.2, 0) is 31.9 Å².